The van der Waals surface area contributed by atoms with Crippen molar-refractivity contribution in [2.75, 3.05) is 39.3 Å². The maximum atomic E-state index is 13.2. The molecule has 0 aliphatic carbocycles. The number of fused-ring (bicyclic) bond motifs is 1. The van der Waals surface area contributed by atoms with Crippen LogP contribution in [-0.4, -0.2) is 67.8 Å². The Kier molecular flexibility index (Phi) is 7.51. The lowest BCUT2D eigenvalue weighted by atomic mass is 10.0. The molecule has 0 bridgehead atoms. The molecule has 0 radical (unpaired) electrons. The van der Waals surface area contributed by atoms with Gasteiger partial charge < -0.3 is 15.2 Å². The van der Waals surface area contributed by atoms with Gasteiger partial charge in [0, 0.05) is 43.1 Å². The number of piperidine rings is 1. The first-order chi connectivity index (χ1) is 15.8. The van der Waals surface area contributed by atoms with Crippen LogP contribution in [0.25, 0.3) is 10.9 Å². The lowest BCUT2D eigenvalue weighted by molar-refractivity contribution is 0.0950. The van der Waals surface area contributed by atoms with Crippen LogP contribution >= 0.6 is 0 Å². The second-order valence-corrected chi connectivity index (χ2v) is 11.3. The lowest BCUT2D eigenvalue weighted by Gasteiger charge is -2.30. The number of rotatable bonds is 6. The van der Waals surface area contributed by atoms with Gasteiger partial charge in [-0.15, -0.1) is 0 Å². The minimum atomic E-state index is -3.67. The molecule has 2 N–H and O–H groups in total. The molecule has 33 heavy (non-hydrogen) atoms. The van der Waals surface area contributed by atoms with Crippen molar-refractivity contribution in [1.29, 1.82) is 0 Å². The normalized spacial score (nSPS) is 21.1. The van der Waals surface area contributed by atoms with E-state index in [2.05, 4.69) is 22.1 Å². The van der Waals surface area contributed by atoms with Crippen LogP contribution in [0.1, 0.15) is 55.8 Å². The Morgan fingerprint density at radius 3 is 2.58 bits per heavy atom. The summed E-state index contributed by atoms with van der Waals surface area (Å²) in [6.45, 7) is 6.38. The number of sulfonamides is 1. The summed E-state index contributed by atoms with van der Waals surface area (Å²) in [4.78, 5) is 30.4. The number of nitrogens with one attached hydrogen (secondary N) is 2. The average molecular weight is 475 g/mol. The average Bonchev–Trinajstić information content (AvgIpc) is 3.07. The van der Waals surface area contributed by atoms with Crippen LogP contribution in [0.2, 0.25) is 0 Å². The number of benzene rings is 1. The molecule has 0 saturated carbocycles. The van der Waals surface area contributed by atoms with Crippen molar-refractivity contribution in [1.82, 2.24) is 19.5 Å². The molecular weight excluding hydrogens is 440 g/mol. The van der Waals surface area contributed by atoms with Crippen LogP contribution in [-0.2, 0) is 10.0 Å². The SMILES string of the molecule is C[C@H]1CCCN(S(=O)(=O)c2ccc3[nH]c(=O)cc(C(=O)NCCN4CCCCCC4)c3c2)C1. The molecule has 2 fully saturated rings. The van der Waals surface area contributed by atoms with Crippen molar-refractivity contribution in [2.24, 2.45) is 5.92 Å². The molecule has 2 aromatic rings. The van der Waals surface area contributed by atoms with Crippen LogP contribution < -0.4 is 10.9 Å². The van der Waals surface area contributed by atoms with Crippen LogP contribution in [0, 0.1) is 5.92 Å². The first-order valence-corrected chi connectivity index (χ1v) is 13.5. The lowest BCUT2D eigenvalue weighted by Crippen LogP contribution is -2.39. The highest BCUT2D eigenvalue weighted by atomic mass is 32.2. The fourth-order valence-corrected chi connectivity index (χ4v) is 6.50. The van der Waals surface area contributed by atoms with Gasteiger partial charge in [-0.05, 0) is 62.9 Å². The minimum Gasteiger partial charge on any atom is -0.351 e. The van der Waals surface area contributed by atoms with E-state index in [0.717, 1.165) is 32.5 Å². The van der Waals surface area contributed by atoms with Gasteiger partial charge in [0.2, 0.25) is 15.6 Å². The molecule has 2 saturated heterocycles. The Balaban J connectivity index is 1.56. The second-order valence-electron chi connectivity index (χ2n) is 9.38. The molecule has 2 aliphatic rings. The molecule has 1 atom stereocenters. The predicted octanol–water partition coefficient (Wildman–Crippen LogP) is 2.55. The molecule has 4 rings (SSSR count). The van der Waals surface area contributed by atoms with Gasteiger partial charge in [0.15, 0.2) is 0 Å². The molecule has 1 amide bonds. The van der Waals surface area contributed by atoms with E-state index in [1.807, 2.05) is 0 Å². The molecule has 0 unspecified atom stereocenters. The number of aromatic amines is 1. The fourth-order valence-electron chi connectivity index (χ4n) is 4.88. The monoisotopic (exact) mass is 474 g/mol. The second kappa shape index (κ2) is 10.4. The van der Waals surface area contributed by atoms with Gasteiger partial charge in [-0.1, -0.05) is 19.8 Å². The summed E-state index contributed by atoms with van der Waals surface area (Å²) in [6.07, 6.45) is 6.73. The zero-order valence-corrected chi connectivity index (χ0v) is 20.1. The van der Waals surface area contributed by atoms with Crippen LogP contribution in [0.3, 0.4) is 0 Å². The Labute approximate surface area is 195 Å². The summed E-state index contributed by atoms with van der Waals surface area (Å²) in [6, 6.07) is 5.85. The van der Waals surface area contributed by atoms with Crippen molar-refractivity contribution in [2.45, 2.75) is 50.3 Å². The maximum absolute atomic E-state index is 13.2. The number of carbonyl (C=O) groups is 1. The number of carbonyl (C=O) groups excluding carboxylic acids is 1. The van der Waals surface area contributed by atoms with Gasteiger partial charge in [-0.25, -0.2) is 8.42 Å². The number of amides is 1. The third-order valence-electron chi connectivity index (χ3n) is 6.73. The van der Waals surface area contributed by atoms with Crippen LogP contribution in [0.5, 0.6) is 0 Å². The number of likely N-dealkylation sites (tertiary alicyclic amines) is 1. The van der Waals surface area contributed by atoms with Gasteiger partial charge in [0.05, 0.1) is 10.5 Å². The number of hydrogen-bond acceptors (Lipinski definition) is 5. The smallest absolute Gasteiger partial charge is 0.252 e. The Morgan fingerprint density at radius 1 is 1.09 bits per heavy atom. The highest BCUT2D eigenvalue weighted by Gasteiger charge is 2.29. The van der Waals surface area contributed by atoms with Gasteiger partial charge in [-0.2, -0.15) is 4.31 Å². The van der Waals surface area contributed by atoms with Crippen molar-refractivity contribution >= 4 is 26.8 Å². The first-order valence-electron chi connectivity index (χ1n) is 12.0. The van der Waals surface area contributed by atoms with E-state index in [1.54, 1.807) is 6.07 Å². The Morgan fingerprint density at radius 2 is 1.85 bits per heavy atom. The van der Waals surface area contributed by atoms with E-state index in [0.29, 0.717) is 36.5 Å². The maximum Gasteiger partial charge on any atom is 0.252 e. The number of aromatic nitrogens is 1. The predicted molar refractivity (Wildman–Crippen MR) is 129 cm³/mol. The van der Waals surface area contributed by atoms with Crippen LogP contribution in [0.4, 0.5) is 0 Å². The fraction of sp³-hybridized carbons (Fsp3) is 0.583. The first kappa shape index (κ1) is 23.9. The van der Waals surface area contributed by atoms with Gasteiger partial charge in [0.1, 0.15) is 0 Å². The van der Waals surface area contributed by atoms with Crippen molar-refractivity contribution < 1.29 is 13.2 Å². The highest BCUT2D eigenvalue weighted by molar-refractivity contribution is 7.89. The van der Waals surface area contributed by atoms with Crippen molar-refractivity contribution in [3.63, 3.8) is 0 Å². The molecule has 3 heterocycles. The number of pyridine rings is 1. The van der Waals surface area contributed by atoms with Crippen LogP contribution in [0.15, 0.2) is 34.0 Å². The summed E-state index contributed by atoms with van der Waals surface area (Å²) >= 11 is 0. The summed E-state index contributed by atoms with van der Waals surface area (Å²) in [5.41, 5.74) is 0.264. The van der Waals surface area contributed by atoms with E-state index in [-0.39, 0.29) is 21.9 Å². The van der Waals surface area contributed by atoms with E-state index >= 15 is 0 Å². The Bertz CT molecular complexity index is 1150. The molecule has 2 aliphatic heterocycles. The summed E-state index contributed by atoms with van der Waals surface area (Å²) in [5.74, 6) is -0.0436. The third kappa shape index (κ3) is 5.65. The van der Waals surface area contributed by atoms with Crippen molar-refractivity contribution in [3.8, 4) is 0 Å². The topological polar surface area (TPSA) is 103 Å². The number of hydrogen-bond donors (Lipinski definition) is 2. The molecule has 180 valence electrons. The summed E-state index contributed by atoms with van der Waals surface area (Å²) in [5, 5.41) is 3.36. The third-order valence-corrected chi connectivity index (χ3v) is 8.59. The largest absolute Gasteiger partial charge is 0.351 e. The van der Waals surface area contributed by atoms with Gasteiger partial charge in [0.25, 0.3) is 5.91 Å². The van der Waals surface area contributed by atoms with Gasteiger partial charge >= 0.3 is 0 Å². The quantitative estimate of drug-likeness (QED) is 0.670. The number of H-pyrrole nitrogens is 1. The Hall–Kier alpha value is -2.23. The van der Waals surface area contributed by atoms with Gasteiger partial charge in [-0.3, -0.25) is 9.59 Å². The van der Waals surface area contributed by atoms with E-state index < -0.39 is 10.0 Å². The zero-order chi connectivity index (χ0) is 23.4. The molecule has 1 aromatic heterocycles. The molecular formula is C24H34N4O4S. The molecule has 0 spiro atoms. The zero-order valence-electron chi connectivity index (χ0n) is 19.3. The van der Waals surface area contributed by atoms with Crippen molar-refractivity contribution in [3.05, 3.63) is 40.2 Å². The minimum absolute atomic E-state index is 0.148. The molecule has 1 aromatic carbocycles. The number of nitrogens with zero attached hydrogens (tertiary/aromatic N) is 2. The van der Waals surface area contributed by atoms with E-state index in [1.165, 1.54) is 48.2 Å². The van der Waals surface area contributed by atoms with E-state index in [4.69, 9.17) is 0 Å². The summed E-state index contributed by atoms with van der Waals surface area (Å²) in [7, 11) is -3.67. The highest BCUT2D eigenvalue weighted by Crippen LogP contribution is 2.26. The molecule has 8 nitrogen and oxygen atoms in total. The van der Waals surface area contributed by atoms with E-state index in [9.17, 15) is 18.0 Å². The summed E-state index contributed by atoms with van der Waals surface area (Å²) < 4.78 is 28.0. The molecule has 9 heteroatoms. The standard InChI is InChI=1S/C24H34N4O4S/c1-18-7-6-13-28(17-18)33(31,32)19-8-9-22-20(15-19)21(16-23(29)26-22)24(30)25-10-14-27-11-4-2-3-5-12-27/h8-9,15-16,18H,2-7,10-14,17H2,1H3,(H,25,30)(H,26,29)/t18-/m0/s1.